The summed E-state index contributed by atoms with van der Waals surface area (Å²) in [6, 6.07) is 10.9. The number of nitrogen functional groups attached to an aromatic ring is 1. The largest absolute Gasteiger partial charge is 0.469 e. The van der Waals surface area contributed by atoms with Crippen LogP contribution in [0.15, 0.2) is 51.9 Å². The molecule has 3 aromatic heterocycles. The van der Waals surface area contributed by atoms with Gasteiger partial charge in [-0.15, -0.1) is 10.2 Å². The first-order valence-corrected chi connectivity index (χ1v) is 7.67. The van der Waals surface area contributed by atoms with E-state index < -0.39 is 0 Å². The van der Waals surface area contributed by atoms with E-state index in [-0.39, 0.29) is 17.7 Å². The van der Waals surface area contributed by atoms with Gasteiger partial charge in [-0.2, -0.15) is 9.61 Å². The molecule has 0 atom stereocenters. The van der Waals surface area contributed by atoms with Gasteiger partial charge in [0.2, 0.25) is 4.96 Å². The number of anilines is 1. The van der Waals surface area contributed by atoms with Crippen molar-refractivity contribution in [3.8, 4) is 10.6 Å². The molecule has 0 aliphatic carbocycles. The Morgan fingerprint density at radius 3 is 2.83 bits per heavy atom. The molecule has 0 saturated carbocycles. The van der Waals surface area contributed by atoms with Crippen molar-refractivity contribution in [3.05, 3.63) is 64.5 Å². The van der Waals surface area contributed by atoms with E-state index in [9.17, 15) is 4.79 Å². The SMILES string of the molecule is Nc1ccccc1-c1nn2c(=O)c(Cc3ccco3)nnc2s1. The zero-order valence-electron chi connectivity index (χ0n) is 11.8. The van der Waals surface area contributed by atoms with Crippen molar-refractivity contribution in [2.75, 3.05) is 5.73 Å². The molecule has 0 fully saturated rings. The third kappa shape index (κ3) is 2.38. The van der Waals surface area contributed by atoms with Crippen LogP contribution in [0.25, 0.3) is 15.5 Å². The lowest BCUT2D eigenvalue weighted by atomic mass is 10.2. The molecular weight excluding hydrogens is 314 g/mol. The average Bonchev–Trinajstić information content (AvgIpc) is 3.20. The minimum Gasteiger partial charge on any atom is -0.469 e. The molecule has 7 nitrogen and oxygen atoms in total. The molecule has 0 aliphatic heterocycles. The molecule has 4 rings (SSSR count). The van der Waals surface area contributed by atoms with Crippen molar-refractivity contribution in [3.63, 3.8) is 0 Å². The van der Waals surface area contributed by atoms with Gasteiger partial charge in [-0.25, -0.2) is 0 Å². The second-order valence-electron chi connectivity index (χ2n) is 4.90. The Morgan fingerprint density at radius 2 is 2.04 bits per heavy atom. The Balaban J connectivity index is 1.82. The van der Waals surface area contributed by atoms with Gasteiger partial charge in [-0.3, -0.25) is 4.79 Å². The standard InChI is InChI=1S/C15H11N5O2S/c16-11-6-2-1-5-10(11)13-19-20-14(21)12(17-18-15(20)23-13)8-9-4-3-7-22-9/h1-7H,8,16H2. The third-order valence-corrected chi connectivity index (χ3v) is 4.30. The van der Waals surface area contributed by atoms with Crippen LogP contribution >= 0.6 is 11.3 Å². The molecule has 4 aromatic rings. The molecule has 8 heteroatoms. The van der Waals surface area contributed by atoms with Gasteiger partial charge in [-0.1, -0.05) is 23.5 Å². The third-order valence-electron chi connectivity index (χ3n) is 3.37. The van der Waals surface area contributed by atoms with E-state index in [0.29, 0.717) is 21.4 Å². The smallest absolute Gasteiger partial charge is 0.297 e. The van der Waals surface area contributed by atoms with Gasteiger partial charge in [0.1, 0.15) is 16.5 Å². The first-order chi connectivity index (χ1) is 11.2. The van der Waals surface area contributed by atoms with Gasteiger partial charge in [-0.05, 0) is 24.3 Å². The molecule has 0 aliphatic rings. The lowest BCUT2D eigenvalue weighted by Gasteiger charge is -1.98. The van der Waals surface area contributed by atoms with Crippen LogP contribution in [-0.4, -0.2) is 19.8 Å². The van der Waals surface area contributed by atoms with Crippen LogP contribution in [0.1, 0.15) is 11.5 Å². The van der Waals surface area contributed by atoms with E-state index in [4.69, 9.17) is 10.2 Å². The molecule has 0 radical (unpaired) electrons. The highest BCUT2D eigenvalue weighted by Gasteiger charge is 2.15. The number of nitrogens with zero attached hydrogens (tertiary/aromatic N) is 4. The van der Waals surface area contributed by atoms with Gasteiger partial charge in [0.15, 0.2) is 0 Å². The number of hydrogen-bond donors (Lipinski definition) is 1. The number of nitrogens with two attached hydrogens (primary N) is 1. The minimum absolute atomic E-state index is 0.280. The Bertz CT molecular complexity index is 1040. The average molecular weight is 325 g/mol. The molecule has 0 saturated heterocycles. The van der Waals surface area contributed by atoms with Gasteiger partial charge >= 0.3 is 0 Å². The quantitative estimate of drug-likeness (QED) is 0.578. The molecule has 1 aromatic carbocycles. The van der Waals surface area contributed by atoms with E-state index in [1.54, 1.807) is 24.5 Å². The number of rotatable bonds is 3. The van der Waals surface area contributed by atoms with Crippen LogP contribution < -0.4 is 11.3 Å². The summed E-state index contributed by atoms with van der Waals surface area (Å²) in [5.74, 6) is 0.652. The predicted octanol–water partition coefficient (Wildman–Crippen LogP) is 1.98. The minimum atomic E-state index is -0.302. The predicted molar refractivity (Wildman–Crippen MR) is 86.3 cm³/mol. The first-order valence-electron chi connectivity index (χ1n) is 6.85. The number of aromatic nitrogens is 4. The summed E-state index contributed by atoms with van der Waals surface area (Å²) < 4.78 is 6.51. The van der Waals surface area contributed by atoms with E-state index >= 15 is 0 Å². The fourth-order valence-electron chi connectivity index (χ4n) is 2.24. The van der Waals surface area contributed by atoms with E-state index in [2.05, 4.69) is 15.3 Å². The van der Waals surface area contributed by atoms with Gasteiger partial charge in [0.05, 0.1) is 12.7 Å². The fourth-order valence-corrected chi connectivity index (χ4v) is 3.12. The second-order valence-corrected chi connectivity index (χ2v) is 5.85. The Morgan fingerprint density at radius 1 is 1.17 bits per heavy atom. The Hall–Kier alpha value is -3.00. The molecule has 23 heavy (non-hydrogen) atoms. The number of hydrogen-bond acceptors (Lipinski definition) is 7. The molecule has 114 valence electrons. The number of furan rings is 1. The van der Waals surface area contributed by atoms with E-state index in [0.717, 1.165) is 5.56 Å². The molecule has 3 heterocycles. The van der Waals surface area contributed by atoms with Gasteiger partial charge < -0.3 is 10.2 Å². The van der Waals surface area contributed by atoms with Crippen LogP contribution in [0.3, 0.4) is 0 Å². The van der Waals surface area contributed by atoms with E-state index in [1.807, 2.05) is 18.2 Å². The number of benzene rings is 1. The molecule has 2 N–H and O–H groups in total. The van der Waals surface area contributed by atoms with Crippen LogP contribution in [0.4, 0.5) is 5.69 Å². The van der Waals surface area contributed by atoms with Crippen LogP contribution in [-0.2, 0) is 6.42 Å². The summed E-state index contributed by atoms with van der Waals surface area (Å²) in [5.41, 5.74) is 7.32. The maximum absolute atomic E-state index is 12.5. The normalized spacial score (nSPS) is 11.1. The first kappa shape index (κ1) is 13.6. The zero-order chi connectivity index (χ0) is 15.8. The summed E-state index contributed by atoms with van der Waals surface area (Å²) in [6.45, 7) is 0. The van der Waals surface area contributed by atoms with Crippen molar-refractivity contribution < 1.29 is 4.42 Å². The summed E-state index contributed by atoms with van der Waals surface area (Å²) in [7, 11) is 0. The van der Waals surface area contributed by atoms with Gasteiger partial charge in [0, 0.05) is 11.3 Å². The molecule has 0 amide bonds. The lowest BCUT2D eigenvalue weighted by molar-refractivity contribution is 0.517. The summed E-state index contributed by atoms with van der Waals surface area (Å²) in [5, 5.41) is 13.1. The van der Waals surface area contributed by atoms with Crippen molar-refractivity contribution in [1.82, 2.24) is 19.8 Å². The topological polar surface area (TPSA) is 99.3 Å². The van der Waals surface area contributed by atoms with Crippen LogP contribution in [0.5, 0.6) is 0 Å². The Labute approximate surface area is 134 Å². The lowest BCUT2D eigenvalue weighted by Crippen LogP contribution is -2.22. The van der Waals surface area contributed by atoms with Crippen molar-refractivity contribution >= 4 is 22.0 Å². The Kier molecular flexibility index (Phi) is 3.16. The molecule has 0 bridgehead atoms. The fraction of sp³-hybridized carbons (Fsp3) is 0.0667. The second kappa shape index (κ2) is 5.33. The molecule has 0 unspecified atom stereocenters. The number of para-hydroxylation sites is 1. The van der Waals surface area contributed by atoms with Crippen molar-refractivity contribution in [2.24, 2.45) is 0 Å². The van der Waals surface area contributed by atoms with Gasteiger partial charge in [0.25, 0.3) is 5.56 Å². The highest BCUT2D eigenvalue weighted by Crippen LogP contribution is 2.28. The summed E-state index contributed by atoms with van der Waals surface area (Å²) in [6.07, 6.45) is 1.83. The van der Waals surface area contributed by atoms with Crippen LogP contribution in [0.2, 0.25) is 0 Å². The highest BCUT2D eigenvalue weighted by atomic mass is 32.1. The number of fused-ring (bicyclic) bond motifs is 1. The molecular formula is C15H11N5O2S. The maximum Gasteiger partial charge on any atom is 0.297 e. The maximum atomic E-state index is 12.5. The molecule has 0 spiro atoms. The highest BCUT2D eigenvalue weighted by molar-refractivity contribution is 7.19. The monoisotopic (exact) mass is 325 g/mol. The van der Waals surface area contributed by atoms with Crippen molar-refractivity contribution in [1.29, 1.82) is 0 Å². The summed E-state index contributed by atoms with van der Waals surface area (Å²) in [4.78, 5) is 12.9. The summed E-state index contributed by atoms with van der Waals surface area (Å²) >= 11 is 1.27. The van der Waals surface area contributed by atoms with Crippen LogP contribution in [0, 0.1) is 0 Å². The van der Waals surface area contributed by atoms with Crippen molar-refractivity contribution in [2.45, 2.75) is 6.42 Å². The van der Waals surface area contributed by atoms with E-state index in [1.165, 1.54) is 15.9 Å². The zero-order valence-corrected chi connectivity index (χ0v) is 12.7.